The van der Waals surface area contributed by atoms with Crippen molar-refractivity contribution < 1.29 is 28.6 Å². The summed E-state index contributed by atoms with van der Waals surface area (Å²) in [5.41, 5.74) is 1.12. The Hall–Kier alpha value is -3.21. The number of rotatable bonds is 8. The number of ether oxygens (including phenoxy) is 2. The Balaban J connectivity index is 1.91. The van der Waals surface area contributed by atoms with Gasteiger partial charge in [0.1, 0.15) is 11.6 Å². The molecule has 232 valence electrons. The van der Waals surface area contributed by atoms with Crippen LogP contribution >= 0.6 is 0 Å². The summed E-state index contributed by atoms with van der Waals surface area (Å²) in [5, 5.41) is 15.5. The van der Waals surface area contributed by atoms with Gasteiger partial charge in [-0.1, -0.05) is 13.8 Å². The average Bonchev–Trinajstić information content (AvgIpc) is 2.96. The zero-order valence-electron chi connectivity index (χ0n) is 25.6. The van der Waals surface area contributed by atoms with Crippen LogP contribution in [-0.2, 0) is 4.74 Å². The van der Waals surface area contributed by atoms with Gasteiger partial charge in [0.05, 0.1) is 30.4 Å². The highest BCUT2D eigenvalue weighted by Crippen LogP contribution is 2.28. The predicted molar refractivity (Wildman–Crippen MR) is 164 cm³/mol. The van der Waals surface area contributed by atoms with Gasteiger partial charge in [0, 0.05) is 37.0 Å². The number of halogens is 1. The van der Waals surface area contributed by atoms with Crippen molar-refractivity contribution in [3.05, 3.63) is 53.8 Å². The third kappa shape index (κ3) is 9.96. The highest BCUT2D eigenvalue weighted by molar-refractivity contribution is 6.02. The molecular weight excluding hydrogens is 539 g/mol. The molecule has 3 amide bonds. The molecule has 0 fully saturated rings. The maximum atomic E-state index is 14.2. The fraction of sp³-hybridized carbons (Fsp3) is 0.562. The Bertz CT molecular complexity index is 1150. The number of amides is 3. The molecule has 3 rings (SSSR count). The number of nitrogens with one attached hydrogen (secondary N) is 2. The molecule has 0 unspecified atom stereocenters. The van der Waals surface area contributed by atoms with Crippen LogP contribution in [-0.4, -0.2) is 85.0 Å². The lowest BCUT2D eigenvalue weighted by Crippen LogP contribution is -2.47. The van der Waals surface area contributed by atoms with Gasteiger partial charge in [-0.3, -0.25) is 4.79 Å². The third-order valence-electron chi connectivity index (χ3n) is 7.51. The fourth-order valence-corrected chi connectivity index (χ4v) is 5.07. The molecule has 2 aromatic rings. The molecule has 9 nitrogen and oxygen atoms in total. The van der Waals surface area contributed by atoms with E-state index in [1.165, 1.54) is 24.3 Å². The SMILES string of the molecule is CCCN(C)C[C@H]1OCCCC[C@@H](C)Oc2ccc(NC(=O)Nc3ccc(F)cc3)cc2C(=O)N([C@H](C)CO)C[C@@H]1C. The van der Waals surface area contributed by atoms with Crippen molar-refractivity contribution in [3.8, 4) is 5.75 Å². The second kappa shape index (κ2) is 16.4. The number of carbonyl (C=O) groups is 2. The van der Waals surface area contributed by atoms with Gasteiger partial charge in [-0.2, -0.15) is 0 Å². The Kier molecular flexibility index (Phi) is 13.0. The Morgan fingerprint density at radius 1 is 1.14 bits per heavy atom. The van der Waals surface area contributed by atoms with Crippen LogP contribution in [0.4, 0.5) is 20.6 Å². The van der Waals surface area contributed by atoms with Gasteiger partial charge in [0.2, 0.25) is 0 Å². The normalized spacial score (nSPS) is 21.2. The van der Waals surface area contributed by atoms with E-state index in [0.717, 1.165) is 38.8 Å². The van der Waals surface area contributed by atoms with Gasteiger partial charge in [-0.15, -0.1) is 0 Å². The van der Waals surface area contributed by atoms with Crippen molar-refractivity contribution >= 4 is 23.3 Å². The second-order valence-corrected chi connectivity index (χ2v) is 11.4. The number of fused-ring (bicyclic) bond motifs is 1. The minimum Gasteiger partial charge on any atom is -0.490 e. The van der Waals surface area contributed by atoms with Crippen molar-refractivity contribution in [2.45, 2.75) is 71.6 Å². The molecule has 10 heteroatoms. The Morgan fingerprint density at radius 2 is 1.83 bits per heavy atom. The molecule has 0 bridgehead atoms. The van der Waals surface area contributed by atoms with E-state index in [0.29, 0.717) is 35.8 Å². The van der Waals surface area contributed by atoms with Crippen LogP contribution in [0.1, 0.15) is 63.7 Å². The van der Waals surface area contributed by atoms with Crippen LogP contribution in [0.5, 0.6) is 5.75 Å². The van der Waals surface area contributed by atoms with Crippen LogP contribution in [0.25, 0.3) is 0 Å². The smallest absolute Gasteiger partial charge is 0.323 e. The summed E-state index contributed by atoms with van der Waals surface area (Å²) < 4.78 is 25.9. The molecule has 3 N–H and O–H groups in total. The number of hydrogen-bond acceptors (Lipinski definition) is 6. The lowest BCUT2D eigenvalue weighted by Gasteiger charge is -2.35. The van der Waals surface area contributed by atoms with E-state index in [1.807, 2.05) is 13.8 Å². The molecule has 0 aliphatic carbocycles. The maximum absolute atomic E-state index is 14.2. The minimum atomic E-state index is -0.533. The van der Waals surface area contributed by atoms with Crippen molar-refractivity contribution in [3.63, 3.8) is 0 Å². The molecule has 0 aromatic heterocycles. The van der Waals surface area contributed by atoms with Crippen LogP contribution in [0.3, 0.4) is 0 Å². The van der Waals surface area contributed by atoms with Gasteiger partial charge in [0.25, 0.3) is 5.91 Å². The van der Waals surface area contributed by atoms with E-state index in [4.69, 9.17) is 9.47 Å². The Labute approximate surface area is 249 Å². The highest BCUT2D eigenvalue weighted by atomic mass is 19.1. The van der Waals surface area contributed by atoms with Crippen LogP contribution in [0.15, 0.2) is 42.5 Å². The summed E-state index contributed by atoms with van der Waals surface area (Å²) in [6.07, 6.45) is 3.44. The molecule has 42 heavy (non-hydrogen) atoms. The summed E-state index contributed by atoms with van der Waals surface area (Å²) in [6.45, 7) is 10.5. The highest BCUT2D eigenvalue weighted by Gasteiger charge is 2.30. The van der Waals surface area contributed by atoms with E-state index in [1.54, 1.807) is 23.1 Å². The minimum absolute atomic E-state index is 0.00344. The number of anilines is 2. The molecule has 0 spiro atoms. The first-order valence-electron chi connectivity index (χ1n) is 15.0. The van der Waals surface area contributed by atoms with E-state index in [-0.39, 0.29) is 30.6 Å². The quantitative estimate of drug-likeness (QED) is 0.372. The van der Waals surface area contributed by atoms with E-state index in [9.17, 15) is 19.1 Å². The van der Waals surface area contributed by atoms with Gasteiger partial charge >= 0.3 is 6.03 Å². The van der Waals surface area contributed by atoms with Gasteiger partial charge in [-0.05, 0) is 95.6 Å². The zero-order chi connectivity index (χ0) is 30.6. The first-order chi connectivity index (χ1) is 20.1. The van der Waals surface area contributed by atoms with Crippen molar-refractivity contribution in [1.82, 2.24) is 9.80 Å². The first kappa shape index (κ1) is 33.3. The van der Waals surface area contributed by atoms with E-state index >= 15 is 0 Å². The topological polar surface area (TPSA) is 103 Å². The fourth-order valence-electron chi connectivity index (χ4n) is 5.07. The molecule has 0 saturated carbocycles. The molecule has 1 heterocycles. The largest absolute Gasteiger partial charge is 0.490 e. The van der Waals surface area contributed by atoms with Crippen LogP contribution in [0.2, 0.25) is 0 Å². The second-order valence-electron chi connectivity index (χ2n) is 11.4. The number of benzene rings is 2. The zero-order valence-corrected chi connectivity index (χ0v) is 25.6. The van der Waals surface area contributed by atoms with E-state index < -0.39 is 17.9 Å². The molecule has 0 radical (unpaired) electrons. The number of nitrogens with zero attached hydrogens (tertiary/aromatic N) is 2. The first-order valence-corrected chi connectivity index (χ1v) is 15.0. The monoisotopic (exact) mass is 586 g/mol. The van der Waals surface area contributed by atoms with Crippen molar-refractivity contribution in [2.24, 2.45) is 5.92 Å². The van der Waals surface area contributed by atoms with Gasteiger partial charge < -0.3 is 35.0 Å². The summed E-state index contributed by atoms with van der Waals surface area (Å²) in [6, 6.07) is 9.43. The van der Waals surface area contributed by atoms with E-state index in [2.05, 4.69) is 36.4 Å². The van der Waals surface area contributed by atoms with Gasteiger partial charge in [0.15, 0.2) is 0 Å². The molecule has 1 aliphatic heterocycles. The summed E-state index contributed by atoms with van der Waals surface area (Å²) in [7, 11) is 2.08. The number of aliphatic hydroxyl groups is 1. The third-order valence-corrected chi connectivity index (χ3v) is 7.51. The van der Waals surface area contributed by atoms with Crippen LogP contribution in [0, 0.1) is 11.7 Å². The lowest BCUT2D eigenvalue weighted by atomic mass is 10.0. The summed E-state index contributed by atoms with van der Waals surface area (Å²) in [5.74, 6) is -0.281. The maximum Gasteiger partial charge on any atom is 0.323 e. The number of hydrogen-bond donors (Lipinski definition) is 3. The predicted octanol–water partition coefficient (Wildman–Crippen LogP) is 5.61. The summed E-state index contributed by atoms with van der Waals surface area (Å²) >= 11 is 0. The standard InChI is InChI=1S/C32H47FN4O5/c1-6-16-36(5)20-30-22(2)19-37(23(3)21-38)31(39)28-18-27(35-32(40)34-26-12-10-25(33)11-13-26)14-15-29(28)42-24(4)9-7-8-17-41-30/h10-15,18,22-24,30,38H,6-9,16-17,19-21H2,1-5H3,(H2,34,35,40)/t22-,23+,24+,30+/m0/s1. The van der Waals surface area contributed by atoms with Crippen LogP contribution < -0.4 is 15.4 Å². The average molecular weight is 587 g/mol. The molecule has 2 aromatic carbocycles. The number of likely N-dealkylation sites (N-methyl/N-ethyl adjacent to an activating group) is 1. The summed E-state index contributed by atoms with van der Waals surface area (Å²) in [4.78, 5) is 30.8. The van der Waals surface area contributed by atoms with Gasteiger partial charge in [-0.25, -0.2) is 9.18 Å². The number of aliphatic hydroxyl groups excluding tert-OH is 1. The molecule has 4 atom stereocenters. The Morgan fingerprint density at radius 3 is 2.52 bits per heavy atom. The lowest BCUT2D eigenvalue weighted by molar-refractivity contribution is -0.0167. The van der Waals surface area contributed by atoms with Crippen molar-refractivity contribution in [2.75, 3.05) is 50.5 Å². The molecular formula is C32H47FN4O5. The number of urea groups is 1. The molecule has 1 aliphatic rings. The molecule has 0 saturated heterocycles. The van der Waals surface area contributed by atoms with Crippen molar-refractivity contribution in [1.29, 1.82) is 0 Å². The number of carbonyl (C=O) groups excluding carboxylic acids is 2.